The number of aromatic amines is 1. The van der Waals surface area contributed by atoms with Gasteiger partial charge in [0.25, 0.3) is 5.56 Å². The van der Waals surface area contributed by atoms with Gasteiger partial charge in [0.1, 0.15) is 5.54 Å². The van der Waals surface area contributed by atoms with Gasteiger partial charge in [-0.05, 0) is 12.8 Å². The van der Waals surface area contributed by atoms with Gasteiger partial charge in [-0.3, -0.25) is 4.79 Å². The van der Waals surface area contributed by atoms with Crippen LogP contribution in [0.25, 0.3) is 0 Å². The molecule has 0 spiro atoms. The van der Waals surface area contributed by atoms with Gasteiger partial charge in [0.15, 0.2) is 5.82 Å². The van der Waals surface area contributed by atoms with Crippen LogP contribution in [0, 0.1) is 0 Å². The van der Waals surface area contributed by atoms with Crippen molar-refractivity contribution in [3.63, 3.8) is 0 Å². The Morgan fingerprint density at radius 3 is 2.71 bits per heavy atom. The van der Waals surface area contributed by atoms with Gasteiger partial charge in [-0.25, -0.2) is 9.78 Å². The van der Waals surface area contributed by atoms with Crippen LogP contribution in [-0.2, 0) is 4.79 Å². The molecule has 0 atom stereocenters. The zero-order valence-corrected chi connectivity index (χ0v) is 9.40. The van der Waals surface area contributed by atoms with E-state index in [-0.39, 0.29) is 5.82 Å². The number of anilines is 1. The molecule has 0 unspecified atom stereocenters. The van der Waals surface area contributed by atoms with Crippen molar-refractivity contribution < 1.29 is 9.90 Å². The zero-order chi connectivity index (χ0) is 12.3. The SMILES string of the molecule is O=C(O)C1(Nc2ncc[nH]c2=O)CCCCC1. The van der Waals surface area contributed by atoms with E-state index in [1.807, 2.05) is 0 Å². The summed E-state index contributed by atoms with van der Waals surface area (Å²) in [5.74, 6) is -0.834. The zero-order valence-electron chi connectivity index (χ0n) is 9.40. The standard InChI is InChI=1S/C11H15N3O3/c15-9-8(12-6-7-13-9)14-11(10(16)17)4-2-1-3-5-11/h6-7H,1-5H2,(H,12,14)(H,13,15)(H,16,17). The number of aromatic nitrogens is 2. The number of aliphatic carboxylic acids is 1. The Morgan fingerprint density at radius 1 is 1.41 bits per heavy atom. The van der Waals surface area contributed by atoms with Gasteiger partial charge in [0.2, 0.25) is 0 Å². The van der Waals surface area contributed by atoms with Crippen LogP contribution >= 0.6 is 0 Å². The average molecular weight is 237 g/mol. The molecule has 2 rings (SSSR count). The van der Waals surface area contributed by atoms with E-state index >= 15 is 0 Å². The summed E-state index contributed by atoms with van der Waals surface area (Å²) in [6, 6.07) is 0. The highest BCUT2D eigenvalue weighted by atomic mass is 16.4. The number of hydrogen-bond donors (Lipinski definition) is 3. The van der Waals surface area contributed by atoms with Gasteiger partial charge in [-0.2, -0.15) is 0 Å². The Labute approximate surface area is 98.1 Å². The molecular formula is C11H15N3O3. The molecule has 0 bridgehead atoms. The van der Waals surface area contributed by atoms with Crippen LogP contribution in [-0.4, -0.2) is 26.6 Å². The molecule has 0 aromatic carbocycles. The lowest BCUT2D eigenvalue weighted by atomic mass is 9.81. The molecule has 1 aromatic heterocycles. The Morgan fingerprint density at radius 2 is 2.12 bits per heavy atom. The molecule has 3 N–H and O–H groups in total. The maximum absolute atomic E-state index is 11.5. The fraction of sp³-hybridized carbons (Fsp3) is 0.545. The second-order valence-electron chi connectivity index (χ2n) is 4.34. The highest BCUT2D eigenvalue weighted by Gasteiger charge is 2.40. The summed E-state index contributed by atoms with van der Waals surface area (Å²) in [4.78, 5) is 29.2. The van der Waals surface area contributed by atoms with Crippen LogP contribution in [0.5, 0.6) is 0 Å². The predicted octanol–water partition coefficient (Wildman–Crippen LogP) is 0.969. The third-order valence-electron chi connectivity index (χ3n) is 3.18. The number of carboxylic acid groups (broad SMARTS) is 1. The second-order valence-corrected chi connectivity index (χ2v) is 4.34. The molecule has 1 saturated carbocycles. The van der Waals surface area contributed by atoms with Gasteiger partial charge in [0.05, 0.1) is 0 Å². The van der Waals surface area contributed by atoms with E-state index in [0.717, 1.165) is 19.3 Å². The third kappa shape index (κ3) is 2.30. The van der Waals surface area contributed by atoms with Crippen LogP contribution in [0.15, 0.2) is 17.2 Å². The molecule has 1 aliphatic carbocycles. The summed E-state index contributed by atoms with van der Waals surface area (Å²) in [5.41, 5.74) is -1.43. The molecule has 0 aliphatic heterocycles. The number of nitrogens with zero attached hydrogens (tertiary/aromatic N) is 1. The van der Waals surface area contributed by atoms with Crippen molar-refractivity contribution in [2.45, 2.75) is 37.6 Å². The molecule has 1 heterocycles. The van der Waals surface area contributed by atoms with E-state index in [9.17, 15) is 14.7 Å². The van der Waals surface area contributed by atoms with E-state index in [4.69, 9.17) is 0 Å². The highest BCUT2D eigenvalue weighted by Crippen LogP contribution is 2.30. The molecule has 1 aromatic rings. The molecular weight excluding hydrogens is 222 g/mol. The lowest BCUT2D eigenvalue weighted by Crippen LogP contribution is -2.49. The Kier molecular flexibility index (Phi) is 3.12. The van der Waals surface area contributed by atoms with Gasteiger partial charge < -0.3 is 15.4 Å². The normalized spacial score (nSPS) is 18.6. The quantitative estimate of drug-likeness (QED) is 0.728. The summed E-state index contributed by atoms with van der Waals surface area (Å²) in [7, 11) is 0. The van der Waals surface area contributed by atoms with Gasteiger partial charge in [0, 0.05) is 12.4 Å². The molecule has 6 nitrogen and oxygen atoms in total. The highest BCUT2D eigenvalue weighted by molar-refractivity contribution is 5.82. The Balaban J connectivity index is 2.27. The van der Waals surface area contributed by atoms with Crippen LogP contribution in [0.2, 0.25) is 0 Å². The van der Waals surface area contributed by atoms with Crippen molar-refractivity contribution in [3.05, 3.63) is 22.7 Å². The Bertz CT molecular complexity index is 463. The van der Waals surface area contributed by atoms with Crippen LogP contribution in [0.3, 0.4) is 0 Å². The minimum atomic E-state index is -1.04. The van der Waals surface area contributed by atoms with Crippen molar-refractivity contribution in [1.82, 2.24) is 9.97 Å². The largest absolute Gasteiger partial charge is 0.480 e. The molecule has 1 fully saturated rings. The summed E-state index contributed by atoms with van der Waals surface area (Å²) in [5, 5.41) is 12.1. The topological polar surface area (TPSA) is 95.1 Å². The van der Waals surface area contributed by atoms with E-state index in [2.05, 4.69) is 15.3 Å². The summed E-state index contributed by atoms with van der Waals surface area (Å²) >= 11 is 0. The summed E-state index contributed by atoms with van der Waals surface area (Å²) in [6.07, 6.45) is 6.64. The third-order valence-corrected chi connectivity index (χ3v) is 3.18. The lowest BCUT2D eigenvalue weighted by molar-refractivity contribution is -0.143. The van der Waals surface area contributed by atoms with Gasteiger partial charge in [-0.1, -0.05) is 19.3 Å². The molecule has 0 radical (unpaired) electrons. The Hall–Kier alpha value is -1.85. The van der Waals surface area contributed by atoms with Crippen LogP contribution in [0.4, 0.5) is 5.82 Å². The average Bonchev–Trinajstić information content (AvgIpc) is 2.33. The van der Waals surface area contributed by atoms with Crippen molar-refractivity contribution in [3.8, 4) is 0 Å². The van der Waals surface area contributed by atoms with E-state index in [0.29, 0.717) is 12.8 Å². The fourth-order valence-electron chi connectivity index (χ4n) is 2.22. The fourth-order valence-corrected chi connectivity index (χ4v) is 2.22. The first-order chi connectivity index (χ1) is 8.14. The first kappa shape index (κ1) is 11.6. The minimum absolute atomic E-state index is 0.0804. The molecule has 0 saturated heterocycles. The van der Waals surface area contributed by atoms with Crippen LogP contribution < -0.4 is 10.9 Å². The van der Waals surface area contributed by atoms with E-state index < -0.39 is 17.1 Å². The smallest absolute Gasteiger partial charge is 0.329 e. The van der Waals surface area contributed by atoms with E-state index in [1.54, 1.807) is 0 Å². The number of carbonyl (C=O) groups is 1. The minimum Gasteiger partial charge on any atom is -0.480 e. The first-order valence-corrected chi connectivity index (χ1v) is 5.69. The number of carboxylic acids is 1. The van der Waals surface area contributed by atoms with Gasteiger partial charge >= 0.3 is 5.97 Å². The molecule has 17 heavy (non-hydrogen) atoms. The second kappa shape index (κ2) is 4.57. The van der Waals surface area contributed by atoms with Crippen molar-refractivity contribution in [2.24, 2.45) is 0 Å². The lowest BCUT2D eigenvalue weighted by Gasteiger charge is -2.33. The number of hydrogen-bond acceptors (Lipinski definition) is 4. The molecule has 0 amide bonds. The molecule has 6 heteroatoms. The maximum Gasteiger partial charge on any atom is 0.329 e. The van der Waals surface area contributed by atoms with Crippen molar-refractivity contribution >= 4 is 11.8 Å². The summed E-state index contributed by atoms with van der Waals surface area (Å²) in [6.45, 7) is 0. The first-order valence-electron chi connectivity index (χ1n) is 5.69. The molecule has 92 valence electrons. The van der Waals surface area contributed by atoms with Crippen LogP contribution in [0.1, 0.15) is 32.1 Å². The molecule has 1 aliphatic rings. The predicted molar refractivity (Wildman–Crippen MR) is 61.9 cm³/mol. The number of H-pyrrole nitrogens is 1. The van der Waals surface area contributed by atoms with E-state index in [1.165, 1.54) is 12.4 Å². The van der Waals surface area contributed by atoms with Crippen molar-refractivity contribution in [2.75, 3.05) is 5.32 Å². The maximum atomic E-state index is 11.5. The monoisotopic (exact) mass is 237 g/mol. The van der Waals surface area contributed by atoms with Crippen molar-refractivity contribution in [1.29, 1.82) is 0 Å². The number of nitrogens with one attached hydrogen (secondary N) is 2. The number of rotatable bonds is 3. The van der Waals surface area contributed by atoms with Gasteiger partial charge in [-0.15, -0.1) is 0 Å². The summed E-state index contributed by atoms with van der Waals surface area (Å²) < 4.78 is 0.